The average Bonchev–Trinajstić information content (AvgIpc) is 2.69. The summed E-state index contributed by atoms with van der Waals surface area (Å²) in [7, 11) is 0. The van der Waals surface area contributed by atoms with Crippen LogP contribution in [0.15, 0.2) is 53.3 Å². The first-order chi connectivity index (χ1) is 13.5. The van der Waals surface area contributed by atoms with E-state index >= 15 is 0 Å². The molecule has 0 spiro atoms. The molecule has 4 rings (SSSR count). The van der Waals surface area contributed by atoms with Crippen molar-refractivity contribution in [3.05, 3.63) is 80.9 Å². The largest absolute Gasteiger partial charge is 0.356 e. The number of nitrogens with zero attached hydrogens (tertiary/aromatic N) is 2. The number of amides is 1. The highest BCUT2D eigenvalue weighted by atomic mass is 35.5. The molecule has 0 atom stereocenters. The minimum absolute atomic E-state index is 0.0698. The first kappa shape index (κ1) is 18.7. The zero-order chi connectivity index (χ0) is 19.7. The Labute approximate surface area is 166 Å². The Morgan fingerprint density at radius 1 is 1.07 bits per heavy atom. The third-order valence-corrected chi connectivity index (χ3v) is 5.34. The highest BCUT2D eigenvalue weighted by molar-refractivity contribution is 6.35. The summed E-state index contributed by atoms with van der Waals surface area (Å²) >= 11 is 6.21. The first-order valence-electron chi connectivity index (χ1n) is 9.09. The number of pyridine rings is 1. The number of hydrogen-bond donors (Lipinski definition) is 1. The van der Waals surface area contributed by atoms with E-state index in [1.807, 2.05) is 0 Å². The summed E-state index contributed by atoms with van der Waals surface area (Å²) in [6.45, 7) is 2.85. The Morgan fingerprint density at radius 3 is 2.57 bits per heavy atom. The standard InChI is InChI=1S/C21H19ClFN3O2/c22-17-6-3-5-16-19(27)12-14(24-20(16)17)13-25-8-10-26(11-9-25)21(28)15-4-1-2-7-18(15)23/h1-7,12H,8-11,13H2,(H,24,27). The summed E-state index contributed by atoms with van der Waals surface area (Å²) in [6.07, 6.45) is 0. The topological polar surface area (TPSA) is 56.4 Å². The number of H-pyrrole nitrogens is 1. The van der Waals surface area contributed by atoms with E-state index in [4.69, 9.17) is 11.6 Å². The van der Waals surface area contributed by atoms with Crippen LogP contribution in [0, 0.1) is 5.82 Å². The molecule has 1 aliphatic rings. The Balaban J connectivity index is 1.44. The van der Waals surface area contributed by atoms with E-state index < -0.39 is 5.82 Å². The smallest absolute Gasteiger partial charge is 0.256 e. The van der Waals surface area contributed by atoms with Gasteiger partial charge in [-0.3, -0.25) is 14.5 Å². The Morgan fingerprint density at radius 2 is 1.82 bits per heavy atom. The van der Waals surface area contributed by atoms with Gasteiger partial charge in [0.1, 0.15) is 5.82 Å². The zero-order valence-corrected chi connectivity index (χ0v) is 15.9. The van der Waals surface area contributed by atoms with Gasteiger partial charge in [0.25, 0.3) is 5.91 Å². The summed E-state index contributed by atoms with van der Waals surface area (Å²) < 4.78 is 13.9. The first-order valence-corrected chi connectivity index (χ1v) is 9.47. The molecule has 1 amide bonds. The fourth-order valence-corrected chi connectivity index (χ4v) is 3.75. The normalized spacial score (nSPS) is 15.1. The van der Waals surface area contributed by atoms with Crippen molar-refractivity contribution in [2.24, 2.45) is 0 Å². The van der Waals surface area contributed by atoms with E-state index in [0.717, 1.165) is 5.69 Å². The van der Waals surface area contributed by atoms with Crippen LogP contribution in [0.25, 0.3) is 10.9 Å². The summed E-state index contributed by atoms with van der Waals surface area (Å²) in [6, 6.07) is 12.9. The van der Waals surface area contributed by atoms with Crippen molar-refractivity contribution >= 4 is 28.4 Å². The van der Waals surface area contributed by atoms with E-state index in [-0.39, 0.29) is 16.9 Å². The van der Waals surface area contributed by atoms with Gasteiger partial charge in [0, 0.05) is 49.9 Å². The highest BCUT2D eigenvalue weighted by Gasteiger charge is 2.24. The summed E-state index contributed by atoms with van der Waals surface area (Å²) in [5.74, 6) is -0.788. The molecule has 0 saturated carbocycles. The van der Waals surface area contributed by atoms with Gasteiger partial charge in [-0.2, -0.15) is 0 Å². The third kappa shape index (κ3) is 3.66. The zero-order valence-electron chi connectivity index (χ0n) is 15.1. The summed E-state index contributed by atoms with van der Waals surface area (Å²) in [5, 5.41) is 1.08. The van der Waals surface area contributed by atoms with Crippen LogP contribution in [0.2, 0.25) is 5.02 Å². The van der Waals surface area contributed by atoms with Gasteiger partial charge in [0.2, 0.25) is 0 Å². The van der Waals surface area contributed by atoms with Gasteiger partial charge in [-0.1, -0.05) is 29.8 Å². The lowest BCUT2D eigenvalue weighted by Gasteiger charge is -2.34. The van der Waals surface area contributed by atoms with Crippen LogP contribution in [-0.2, 0) is 6.54 Å². The Kier molecular flexibility index (Phi) is 5.15. The SMILES string of the molecule is O=C(c1ccccc1F)N1CCN(Cc2cc(=O)c3cccc(Cl)c3[nH]2)CC1. The number of fused-ring (bicyclic) bond motifs is 1. The van der Waals surface area contributed by atoms with E-state index in [0.29, 0.717) is 48.6 Å². The molecular weight excluding hydrogens is 381 g/mol. The van der Waals surface area contributed by atoms with Crippen molar-refractivity contribution in [3.8, 4) is 0 Å². The monoisotopic (exact) mass is 399 g/mol. The maximum atomic E-state index is 13.9. The van der Waals surface area contributed by atoms with Crippen molar-refractivity contribution in [2.45, 2.75) is 6.54 Å². The number of para-hydroxylation sites is 1. The third-order valence-electron chi connectivity index (χ3n) is 5.03. The average molecular weight is 400 g/mol. The lowest BCUT2D eigenvalue weighted by atomic mass is 10.1. The molecule has 7 heteroatoms. The number of rotatable bonds is 3. The lowest BCUT2D eigenvalue weighted by Crippen LogP contribution is -2.48. The van der Waals surface area contributed by atoms with E-state index in [1.165, 1.54) is 12.1 Å². The number of carbonyl (C=O) groups excluding carboxylic acids is 1. The number of halogens is 2. The number of aromatic amines is 1. The quantitative estimate of drug-likeness (QED) is 0.735. The van der Waals surface area contributed by atoms with Crippen LogP contribution < -0.4 is 5.43 Å². The molecule has 1 saturated heterocycles. The van der Waals surface area contributed by atoms with E-state index in [1.54, 1.807) is 41.3 Å². The second-order valence-electron chi connectivity index (χ2n) is 6.87. The van der Waals surface area contributed by atoms with Crippen molar-refractivity contribution in [2.75, 3.05) is 26.2 Å². The molecular formula is C21H19ClFN3O2. The van der Waals surface area contributed by atoms with Gasteiger partial charge < -0.3 is 9.88 Å². The Bertz CT molecular complexity index is 1090. The van der Waals surface area contributed by atoms with Gasteiger partial charge in [0.05, 0.1) is 16.1 Å². The maximum absolute atomic E-state index is 13.9. The van der Waals surface area contributed by atoms with Gasteiger partial charge in [-0.25, -0.2) is 4.39 Å². The van der Waals surface area contributed by atoms with Crippen LogP contribution in [0.5, 0.6) is 0 Å². The number of nitrogens with one attached hydrogen (secondary N) is 1. The van der Waals surface area contributed by atoms with E-state index in [9.17, 15) is 14.0 Å². The molecule has 28 heavy (non-hydrogen) atoms. The fraction of sp³-hybridized carbons (Fsp3) is 0.238. The van der Waals surface area contributed by atoms with Crippen LogP contribution in [0.3, 0.4) is 0 Å². The second-order valence-corrected chi connectivity index (χ2v) is 7.28. The molecule has 0 unspecified atom stereocenters. The molecule has 0 bridgehead atoms. The number of benzene rings is 2. The van der Waals surface area contributed by atoms with Gasteiger partial charge in [-0.15, -0.1) is 0 Å². The van der Waals surface area contributed by atoms with Crippen LogP contribution >= 0.6 is 11.6 Å². The molecule has 1 aromatic heterocycles. The van der Waals surface area contributed by atoms with Crippen molar-refractivity contribution in [1.82, 2.24) is 14.8 Å². The van der Waals surface area contributed by atoms with Crippen LogP contribution in [0.4, 0.5) is 4.39 Å². The van der Waals surface area contributed by atoms with Crippen molar-refractivity contribution in [3.63, 3.8) is 0 Å². The van der Waals surface area contributed by atoms with Gasteiger partial charge in [0.15, 0.2) is 5.43 Å². The lowest BCUT2D eigenvalue weighted by molar-refractivity contribution is 0.0622. The molecule has 144 valence electrons. The van der Waals surface area contributed by atoms with Crippen LogP contribution in [-0.4, -0.2) is 46.9 Å². The molecule has 2 heterocycles. The molecule has 1 aliphatic heterocycles. The van der Waals surface area contributed by atoms with Crippen LogP contribution in [0.1, 0.15) is 16.1 Å². The molecule has 2 aromatic carbocycles. The second kappa shape index (κ2) is 7.73. The minimum atomic E-state index is -0.499. The predicted octanol–water partition coefficient (Wildman–Crippen LogP) is 3.28. The molecule has 0 radical (unpaired) electrons. The Hall–Kier alpha value is -2.70. The van der Waals surface area contributed by atoms with E-state index in [2.05, 4.69) is 9.88 Å². The molecule has 5 nitrogen and oxygen atoms in total. The minimum Gasteiger partial charge on any atom is -0.356 e. The molecule has 1 fully saturated rings. The van der Waals surface area contributed by atoms with Gasteiger partial charge in [-0.05, 0) is 24.3 Å². The van der Waals surface area contributed by atoms with Crippen molar-refractivity contribution in [1.29, 1.82) is 0 Å². The maximum Gasteiger partial charge on any atom is 0.256 e. The number of aromatic nitrogens is 1. The molecule has 3 aromatic rings. The number of carbonyl (C=O) groups is 1. The summed E-state index contributed by atoms with van der Waals surface area (Å²) in [4.78, 5) is 31.9. The predicted molar refractivity (Wildman–Crippen MR) is 107 cm³/mol. The molecule has 0 aliphatic carbocycles. The van der Waals surface area contributed by atoms with Crippen molar-refractivity contribution < 1.29 is 9.18 Å². The number of piperazine rings is 1. The number of hydrogen-bond acceptors (Lipinski definition) is 3. The summed E-state index contributed by atoms with van der Waals surface area (Å²) in [5.41, 5.74) is 1.45. The molecule has 1 N–H and O–H groups in total. The fourth-order valence-electron chi connectivity index (χ4n) is 3.53. The van der Waals surface area contributed by atoms with Gasteiger partial charge >= 0.3 is 0 Å². The highest BCUT2D eigenvalue weighted by Crippen LogP contribution is 2.20.